The highest BCUT2D eigenvalue weighted by Crippen LogP contribution is 2.29. The number of benzene rings is 1. The molecule has 0 heterocycles. The Labute approximate surface area is 99.8 Å². The summed E-state index contributed by atoms with van der Waals surface area (Å²) in [5.41, 5.74) is 2.48. The molecule has 1 aromatic rings. The minimum absolute atomic E-state index is 0.226. The molecule has 2 nitrogen and oxygen atoms in total. The van der Waals surface area contributed by atoms with Gasteiger partial charge in [-0.25, -0.2) is 9.18 Å². The topological polar surface area (TPSA) is 37.3 Å². The van der Waals surface area contributed by atoms with Gasteiger partial charge >= 0.3 is 5.97 Å². The van der Waals surface area contributed by atoms with Crippen LogP contribution in [-0.4, -0.2) is 11.1 Å². The molecule has 0 amide bonds. The largest absolute Gasteiger partial charge is 0.478 e. The van der Waals surface area contributed by atoms with Crippen molar-refractivity contribution in [1.29, 1.82) is 0 Å². The molecule has 0 radical (unpaired) electrons. The van der Waals surface area contributed by atoms with Crippen LogP contribution in [0.4, 0.5) is 4.39 Å². The zero-order valence-electron chi connectivity index (χ0n) is 9.79. The van der Waals surface area contributed by atoms with Gasteiger partial charge in [-0.1, -0.05) is 31.1 Å². The van der Waals surface area contributed by atoms with Crippen LogP contribution in [0.15, 0.2) is 17.7 Å². The van der Waals surface area contributed by atoms with E-state index in [4.69, 9.17) is 5.11 Å². The first-order valence-electron chi connectivity index (χ1n) is 5.87. The second-order valence-corrected chi connectivity index (χ2v) is 4.35. The minimum Gasteiger partial charge on any atom is -0.478 e. The molecule has 90 valence electrons. The van der Waals surface area contributed by atoms with Crippen LogP contribution < -0.4 is 0 Å². The molecule has 0 spiro atoms. The Kier molecular flexibility index (Phi) is 3.27. The first-order chi connectivity index (χ1) is 8.13. The molecule has 0 bridgehead atoms. The quantitative estimate of drug-likeness (QED) is 0.866. The van der Waals surface area contributed by atoms with Crippen molar-refractivity contribution in [3.8, 4) is 0 Å². The van der Waals surface area contributed by atoms with Crippen molar-refractivity contribution in [3.63, 3.8) is 0 Å². The molecule has 1 N–H and O–H groups in total. The van der Waals surface area contributed by atoms with E-state index in [1.54, 1.807) is 6.07 Å². The lowest BCUT2D eigenvalue weighted by Crippen LogP contribution is -2.08. The summed E-state index contributed by atoms with van der Waals surface area (Å²) >= 11 is 0. The molecule has 0 unspecified atom stereocenters. The van der Waals surface area contributed by atoms with Crippen molar-refractivity contribution in [3.05, 3.63) is 40.2 Å². The van der Waals surface area contributed by atoms with Crippen molar-refractivity contribution in [2.75, 3.05) is 0 Å². The fraction of sp³-hybridized carbons (Fsp3) is 0.357. The van der Waals surface area contributed by atoms with E-state index in [0.717, 1.165) is 24.8 Å². The van der Waals surface area contributed by atoms with Crippen molar-refractivity contribution in [1.82, 2.24) is 0 Å². The van der Waals surface area contributed by atoms with Gasteiger partial charge in [-0.05, 0) is 36.5 Å². The number of carboxylic acid groups (broad SMARTS) is 1. The minimum atomic E-state index is -1.20. The molecule has 1 aliphatic carbocycles. The number of hydrogen-bond acceptors (Lipinski definition) is 1. The second kappa shape index (κ2) is 4.70. The van der Waals surface area contributed by atoms with E-state index < -0.39 is 11.8 Å². The number of fused-ring (bicyclic) bond motifs is 1. The van der Waals surface area contributed by atoms with Gasteiger partial charge in [-0.3, -0.25) is 0 Å². The highest BCUT2D eigenvalue weighted by atomic mass is 19.1. The van der Waals surface area contributed by atoms with Crippen molar-refractivity contribution in [2.45, 2.75) is 32.6 Å². The van der Waals surface area contributed by atoms with Crippen LogP contribution in [-0.2, 0) is 6.42 Å². The average molecular weight is 234 g/mol. The van der Waals surface area contributed by atoms with E-state index in [0.29, 0.717) is 12.0 Å². The molecule has 3 heteroatoms. The number of halogens is 1. The lowest BCUT2D eigenvalue weighted by molar-refractivity contribution is 0.0691. The Bertz CT molecular complexity index is 489. The zero-order chi connectivity index (χ0) is 12.4. The molecule has 0 fully saturated rings. The van der Waals surface area contributed by atoms with Gasteiger partial charge in [-0.2, -0.15) is 0 Å². The number of carboxylic acids is 1. The standard InChI is InChI=1S/C14H15FO2/c1-2-3-9-4-6-11-10(8-9)5-7-12(13(11)15)14(16)17/h5,7-8H,2-4,6H2,1H3,(H,16,17). The van der Waals surface area contributed by atoms with Gasteiger partial charge in [-0.15, -0.1) is 0 Å². The molecule has 0 aliphatic heterocycles. The Balaban J connectivity index is 2.43. The summed E-state index contributed by atoms with van der Waals surface area (Å²) in [5, 5.41) is 8.85. The number of aromatic carboxylic acids is 1. The fourth-order valence-corrected chi connectivity index (χ4v) is 2.29. The summed E-state index contributed by atoms with van der Waals surface area (Å²) in [7, 11) is 0. The third-order valence-corrected chi connectivity index (χ3v) is 3.14. The maximum Gasteiger partial charge on any atom is 0.338 e. The monoisotopic (exact) mass is 234 g/mol. The van der Waals surface area contributed by atoms with E-state index >= 15 is 0 Å². The maximum absolute atomic E-state index is 13.9. The Hall–Kier alpha value is -1.64. The first kappa shape index (κ1) is 11.8. The smallest absolute Gasteiger partial charge is 0.338 e. The van der Waals surface area contributed by atoms with Crippen LogP contribution >= 0.6 is 0 Å². The van der Waals surface area contributed by atoms with Gasteiger partial charge in [0.2, 0.25) is 0 Å². The maximum atomic E-state index is 13.9. The Morgan fingerprint density at radius 2 is 2.18 bits per heavy atom. The molecule has 0 saturated heterocycles. The number of carbonyl (C=O) groups is 1. The second-order valence-electron chi connectivity index (χ2n) is 4.35. The van der Waals surface area contributed by atoms with Gasteiger partial charge in [0.05, 0.1) is 5.56 Å². The van der Waals surface area contributed by atoms with E-state index in [-0.39, 0.29) is 5.56 Å². The zero-order valence-corrected chi connectivity index (χ0v) is 9.79. The molecular weight excluding hydrogens is 219 g/mol. The molecule has 1 aliphatic rings. The van der Waals surface area contributed by atoms with Gasteiger partial charge in [0, 0.05) is 0 Å². The Morgan fingerprint density at radius 1 is 1.41 bits per heavy atom. The number of rotatable bonds is 3. The number of allylic oxidation sites excluding steroid dienone is 1. The van der Waals surface area contributed by atoms with Crippen LogP contribution in [0.25, 0.3) is 6.08 Å². The third kappa shape index (κ3) is 2.23. The summed E-state index contributed by atoms with van der Waals surface area (Å²) in [6.45, 7) is 2.12. The molecule has 2 rings (SSSR count). The fourth-order valence-electron chi connectivity index (χ4n) is 2.29. The van der Waals surface area contributed by atoms with Crippen LogP contribution in [0.1, 0.15) is 47.7 Å². The van der Waals surface area contributed by atoms with E-state index in [2.05, 4.69) is 6.92 Å². The van der Waals surface area contributed by atoms with E-state index in [1.807, 2.05) is 6.08 Å². The van der Waals surface area contributed by atoms with Gasteiger partial charge in [0.25, 0.3) is 0 Å². The molecule has 0 saturated carbocycles. The summed E-state index contributed by atoms with van der Waals surface area (Å²) in [6.07, 6.45) is 5.55. The summed E-state index contributed by atoms with van der Waals surface area (Å²) in [6, 6.07) is 3.05. The normalized spacial score (nSPS) is 14.1. The van der Waals surface area contributed by atoms with E-state index in [9.17, 15) is 9.18 Å². The summed E-state index contributed by atoms with van der Waals surface area (Å²) in [5.74, 6) is -1.77. The lowest BCUT2D eigenvalue weighted by atomic mass is 9.88. The van der Waals surface area contributed by atoms with Crippen LogP contribution in [0, 0.1) is 5.82 Å². The van der Waals surface area contributed by atoms with Crippen LogP contribution in [0.3, 0.4) is 0 Å². The predicted octanol–water partition coefficient (Wildman–Crippen LogP) is 3.65. The van der Waals surface area contributed by atoms with Crippen LogP contribution in [0.5, 0.6) is 0 Å². The van der Waals surface area contributed by atoms with Crippen LogP contribution in [0.2, 0.25) is 0 Å². The third-order valence-electron chi connectivity index (χ3n) is 3.14. The van der Waals surface area contributed by atoms with Gasteiger partial charge in [0.15, 0.2) is 0 Å². The van der Waals surface area contributed by atoms with Crippen molar-refractivity contribution in [2.24, 2.45) is 0 Å². The van der Waals surface area contributed by atoms with Crippen molar-refractivity contribution < 1.29 is 14.3 Å². The SMILES string of the molecule is CCCC1=Cc2ccc(C(=O)O)c(F)c2CC1. The van der Waals surface area contributed by atoms with Crippen molar-refractivity contribution >= 4 is 12.0 Å². The average Bonchev–Trinajstić information content (AvgIpc) is 2.29. The summed E-state index contributed by atoms with van der Waals surface area (Å²) in [4.78, 5) is 10.8. The summed E-state index contributed by atoms with van der Waals surface area (Å²) < 4.78 is 13.9. The molecule has 0 atom stereocenters. The number of hydrogen-bond donors (Lipinski definition) is 1. The highest BCUT2D eigenvalue weighted by molar-refractivity contribution is 5.88. The predicted molar refractivity (Wildman–Crippen MR) is 64.6 cm³/mol. The van der Waals surface area contributed by atoms with Gasteiger partial charge < -0.3 is 5.11 Å². The molecule has 1 aromatic carbocycles. The molecular formula is C14H15FO2. The van der Waals surface area contributed by atoms with Gasteiger partial charge in [0.1, 0.15) is 5.82 Å². The molecule has 0 aromatic heterocycles. The first-order valence-corrected chi connectivity index (χ1v) is 5.87. The van der Waals surface area contributed by atoms with E-state index in [1.165, 1.54) is 11.6 Å². The lowest BCUT2D eigenvalue weighted by Gasteiger charge is -2.17. The highest BCUT2D eigenvalue weighted by Gasteiger charge is 2.19. The Morgan fingerprint density at radius 3 is 2.82 bits per heavy atom. The molecule has 17 heavy (non-hydrogen) atoms.